The van der Waals surface area contributed by atoms with Crippen molar-refractivity contribution in [3.8, 4) is 5.75 Å². The van der Waals surface area contributed by atoms with Gasteiger partial charge in [-0.15, -0.1) is 0 Å². The second-order valence-electron chi connectivity index (χ2n) is 4.53. The molecule has 1 atom stereocenters. The fourth-order valence-corrected chi connectivity index (χ4v) is 1.85. The molecular weight excluding hydrogens is 274 g/mol. The molecule has 0 aliphatic carbocycles. The van der Waals surface area contributed by atoms with Crippen LogP contribution in [0.3, 0.4) is 0 Å². The molecule has 0 unspecified atom stereocenters. The quantitative estimate of drug-likeness (QED) is 0.714. The predicted octanol–water partition coefficient (Wildman–Crippen LogP) is 0.401. The number of aromatic nitrogens is 2. The molecule has 0 bridgehead atoms. The van der Waals surface area contributed by atoms with Gasteiger partial charge in [-0.25, -0.2) is 4.79 Å². The molecule has 0 spiro atoms. The molecule has 0 saturated carbocycles. The summed E-state index contributed by atoms with van der Waals surface area (Å²) in [6.45, 7) is -0.0354. The van der Waals surface area contributed by atoms with E-state index in [2.05, 4.69) is 10.4 Å². The Hall–Kier alpha value is -2.83. The predicted molar refractivity (Wildman–Crippen MR) is 73.6 cm³/mol. The number of carbonyl (C=O) groups excluding carboxylic acids is 1. The molecule has 0 fully saturated rings. The third kappa shape index (κ3) is 4.34. The number of aliphatic carboxylic acids is 1. The van der Waals surface area contributed by atoms with E-state index < -0.39 is 17.9 Å². The fourth-order valence-electron chi connectivity index (χ4n) is 1.85. The Morgan fingerprint density at radius 1 is 1.29 bits per heavy atom. The molecule has 21 heavy (non-hydrogen) atoms. The van der Waals surface area contributed by atoms with Crippen LogP contribution in [0.2, 0.25) is 0 Å². The third-order valence-electron chi connectivity index (χ3n) is 2.87. The molecule has 7 heteroatoms. The fraction of sp³-hybridized carbons (Fsp3) is 0.214. The zero-order valence-corrected chi connectivity index (χ0v) is 11.1. The van der Waals surface area contributed by atoms with E-state index >= 15 is 0 Å². The Kier molecular flexibility index (Phi) is 4.55. The number of benzene rings is 1. The van der Waals surface area contributed by atoms with Crippen molar-refractivity contribution >= 4 is 11.9 Å². The maximum atomic E-state index is 11.8. The van der Waals surface area contributed by atoms with E-state index in [-0.39, 0.29) is 18.7 Å². The lowest BCUT2D eigenvalue weighted by molar-refractivity contribution is -0.141. The van der Waals surface area contributed by atoms with E-state index in [0.717, 1.165) is 0 Å². The molecule has 1 aromatic heterocycles. The molecule has 0 aliphatic rings. The van der Waals surface area contributed by atoms with E-state index in [9.17, 15) is 19.8 Å². The van der Waals surface area contributed by atoms with E-state index in [0.29, 0.717) is 5.56 Å². The van der Waals surface area contributed by atoms with Crippen LogP contribution in [0, 0.1) is 0 Å². The number of nitrogens with zero attached hydrogens (tertiary/aromatic N) is 2. The van der Waals surface area contributed by atoms with Crippen LogP contribution in [0.1, 0.15) is 5.56 Å². The first-order valence-electron chi connectivity index (χ1n) is 6.32. The highest BCUT2D eigenvalue weighted by Gasteiger charge is 2.20. The van der Waals surface area contributed by atoms with Crippen LogP contribution in [-0.4, -0.2) is 37.9 Å². The minimum absolute atomic E-state index is 0.0354. The van der Waals surface area contributed by atoms with Gasteiger partial charge in [0.25, 0.3) is 0 Å². The van der Waals surface area contributed by atoms with Crippen molar-refractivity contribution in [1.82, 2.24) is 15.1 Å². The van der Waals surface area contributed by atoms with Gasteiger partial charge in [-0.2, -0.15) is 5.10 Å². The SMILES string of the molecule is O=C(Cn1cccn1)N[C@@H](Cc1ccc(O)cc1)C(=O)O. The normalized spacial score (nSPS) is 11.8. The van der Waals surface area contributed by atoms with Crippen molar-refractivity contribution in [1.29, 1.82) is 0 Å². The van der Waals surface area contributed by atoms with Crippen LogP contribution in [0.15, 0.2) is 42.7 Å². The van der Waals surface area contributed by atoms with Gasteiger partial charge in [0.05, 0.1) is 0 Å². The monoisotopic (exact) mass is 289 g/mol. The van der Waals surface area contributed by atoms with Gasteiger partial charge in [-0.1, -0.05) is 12.1 Å². The molecule has 3 N–H and O–H groups in total. The zero-order chi connectivity index (χ0) is 15.2. The number of nitrogens with one attached hydrogen (secondary N) is 1. The van der Waals surface area contributed by atoms with Crippen LogP contribution >= 0.6 is 0 Å². The summed E-state index contributed by atoms with van der Waals surface area (Å²) in [5.74, 6) is -1.44. The van der Waals surface area contributed by atoms with Gasteiger partial charge >= 0.3 is 5.97 Å². The largest absolute Gasteiger partial charge is 0.508 e. The highest BCUT2D eigenvalue weighted by Crippen LogP contribution is 2.11. The standard InChI is InChI=1S/C14H15N3O4/c18-11-4-2-10(3-5-11)8-12(14(20)21)16-13(19)9-17-7-1-6-15-17/h1-7,12,18H,8-9H2,(H,16,19)(H,20,21)/t12-/m0/s1. The Balaban J connectivity index is 1.97. The molecule has 1 heterocycles. The van der Waals surface area contributed by atoms with Crippen LogP contribution in [-0.2, 0) is 22.6 Å². The third-order valence-corrected chi connectivity index (χ3v) is 2.87. The number of carboxylic acids is 1. The van der Waals surface area contributed by atoms with Crippen molar-refractivity contribution in [2.75, 3.05) is 0 Å². The van der Waals surface area contributed by atoms with Gasteiger partial charge in [0.2, 0.25) is 5.91 Å². The van der Waals surface area contributed by atoms with Gasteiger partial charge in [0, 0.05) is 18.8 Å². The van der Waals surface area contributed by atoms with Gasteiger partial charge in [-0.3, -0.25) is 9.48 Å². The van der Waals surface area contributed by atoms with Crippen LogP contribution < -0.4 is 5.32 Å². The van der Waals surface area contributed by atoms with Gasteiger partial charge in [0.15, 0.2) is 0 Å². The molecule has 7 nitrogen and oxygen atoms in total. The summed E-state index contributed by atoms with van der Waals surface area (Å²) >= 11 is 0. The van der Waals surface area contributed by atoms with Crippen LogP contribution in [0.25, 0.3) is 0 Å². The number of phenols is 1. The first-order valence-corrected chi connectivity index (χ1v) is 6.32. The molecule has 110 valence electrons. The first-order chi connectivity index (χ1) is 10.0. The summed E-state index contributed by atoms with van der Waals surface area (Å²) in [6.07, 6.45) is 3.30. The number of carbonyl (C=O) groups is 2. The zero-order valence-electron chi connectivity index (χ0n) is 11.1. The average molecular weight is 289 g/mol. The van der Waals surface area contributed by atoms with Crippen molar-refractivity contribution in [3.05, 3.63) is 48.3 Å². The molecular formula is C14H15N3O4. The molecule has 2 rings (SSSR count). The number of aromatic hydroxyl groups is 1. The number of phenolic OH excluding ortho intramolecular Hbond substituents is 1. The van der Waals surface area contributed by atoms with Crippen molar-refractivity contribution in [3.63, 3.8) is 0 Å². The van der Waals surface area contributed by atoms with Gasteiger partial charge < -0.3 is 15.5 Å². The smallest absolute Gasteiger partial charge is 0.326 e. The lowest BCUT2D eigenvalue weighted by Gasteiger charge is -2.14. The average Bonchev–Trinajstić information content (AvgIpc) is 2.93. The van der Waals surface area contributed by atoms with Crippen molar-refractivity contribution < 1.29 is 19.8 Å². The summed E-state index contributed by atoms with van der Waals surface area (Å²) < 4.78 is 1.41. The summed E-state index contributed by atoms with van der Waals surface area (Å²) in [6, 6.07) is 6.83. The Morgan fingerprint density at radius 2 is 2.00 bits per heavy atom. The summed E-state index contributed by atoms with van der Waals surface area (Å²) in [7, 11) is 0. The number of amides is 1. The minimum Gasteiger partial charge on any atom is -0.508 e. The summed E-state index contributed by atoms with van der Waals surface area (Å²) in [5, 5.41) is 24.7. The van der Waals surface area contributed by atoms with Gasteiger partial charge in [0.1, 0.15) is 18.3 Å². The number of hydrogen-bond donors (Lipinski definition) is 3. The van der Waals surface area contributed by atoms with E-state index in [1.165, 1.54) is 16.8 Å². The summed E-state index contributed by atoms with van der Waals surface area (Å²) in [4.78, 5) is 23.0. The molecule has 1 aromatic carbocycles. The first kappa shape index (κ1) is 14.6. The number of carboxylic acid groups (broad SMARTS) is 1. The topological polar surface area (TPSA) is 104 Å². The second kappa shape index (κ2) is 6.56. The van der Waals surface area contributed by atoms with Crippen LogP contribution in [0.5, 0.6) is 5.75 Å². The maximum absolute atomic E-state index is 11.8. The Morgan fingerprint density at radius 3 is 2.57 bits per heavy atom. The Bertz CT molecular complexity index is 608. The molecule has 0 saturated heterocycles. The van der Waals surface area contributed by atoms with Crippen molar-refractivity contribution in [2.45, 2.75) is 19.0 Å². The molecule has 0 aliphatic heterocycles. The second-order valence-corrected chi connectivity index (χ2v) is 4.53. The Labute approximate surface area is 120 Å². The molecule has 0 radical (unpaired) electrons. The lowest BCUT2D eigenvalue weighted by Crippen LogP contribution is -2.43. The number of rotatable bonds is 6. The van der Waals surface area contributed by atoms with Crippen molar-refractivity contribution in [2.24, 2.45) is 0 Å². The highest BCUT2D eigenvalue weighted by atomic mass is 16.4. The molecule has 2 aromatic rings. The van der Waals surface area contributed by atoms with Gasteiger partial charge in [-0.05, 0) is 23.8 Å². The maximum Gasteiger partial charge on any atom is 0.326 e. The van der Waals surface area contributed by atoms with Crippen LogP contribution in [0.4, 0.5) is 0 Å². The lowest BCUT2D eigenvalue weighted by atomic mass is 10.1. The highest BCUT2D eigenvalue weighted by molar-refractivity contribution is 5.83. The van der Waals surface area contributed by atoms with E-state index in [4.69, 9.17) is 0 Å². The number of hydrogen-bond acceptors (Lipinski definition) is 4. The minimum atomic E-state index is -1.11. The van der Waals surface area contributed by atoms with E-state index in [1.807, 2.05) is 0 Å². The van der Waals surface area contributed by atoms with E-state index in [1.54, 1.807) is 30.6 Å². The summed E-state index contributed by atoms with van der Waals surface area (Å²) in [5.41, 5.74) is 0.708. The molecule has 1 amide bonds.